The molecule has 1 saturated heterocycles. The fourth-order valence-corrected chi connectivity index (χ4v) is 1.73. The molecule has 1 aliphatic rings. The van der Waals surface area contributed by atoms with Crippen LogP contribution in [0.1, 0.15) is 40.5 Å². The van der Waals surface area contributed by atoms with Gasteiger partial charge in [0.2, 0.25) is 5.91 Å². The van der Waals surface area contributed by atoms with Gasteiger partial charge in [0.15, 0.2) is 0 Å². The van der Waals surface area contributed by atoms with Crippen LogP contribution in [0, 0.1) is 11.3 Å². The van der Waals surface area contributed by atoms with Gasteiger partial charge in [-0.25, -0.2) is 0 Å². The molecule has 0 saturated carbocycles. The predicted octanol–water partition coefficient (Wildman–Crippen LogP) is 1.54. The Morgan fingerprint density at radius 1 is 1.40 bits per heavy atom. The van der Waals surface area contributed by atoms with E-state index in [0.29, 0.717) is 12.0 Å². The number of hydrogen-bond donors (Lipinski definition) is 2. The monoisotopic (exact) mass is 212 g/mol. The van der Waals surface area contributed by atoms with E-state index >= 15 is 0 Å². The van der Waals surface area contributed by atoms with Gasteiger partial charge < -0.3 is 10.6 Å². The van der Waals surface area contributed by atoms with Gasteiger partial charge in [0.25, 0.3) is 0 Å². The normalized spacial score (nSPS) is 27.5. The van der Waals surface area contributed by atoms with E-state index in [4.69, 9.17) is 0 Å². The Morgan fingerprint density at radius 2 is 2.07 bits per heavy atom. The highest BCUT2D eigenvalue weighted by molar-refractivity contribution is 5.81. The molecule has 0 radical (unpaired) electrons. The van der Waals surface area contributed by atoms with Crippen LogP contribution in [0.3, 0.4) is 0 Å². The fraction of sp³-hybridized carbons (Fsp3) is 0.917. The maximum atomic E-state index is 11.6. The third-order valence-electron chi connectivity index (χ3n) is 3.00. The molecule has 2 unspecified atom stereocenters. The van der Waals surface area contributed by atoms with Gasteiger partial charge in [-0.1, -0.05) is 20.8 Å². The lowest BCUT2D eigenvalue weighted by molar-refractivity contribution is -0.128. The van der Waals surface area contributed by atoms with Gasteiger partial charge in [0, 0.05) is 18.0 Å². The number of amides is 1. The quantitative estimate of drug-likeness (QED) is 0.729. The lowest BCUT2D eigenvalue weighted by Crippen LogP contribution is -2.44. The third-order valence-corrected chi connectivity index (χ3v) is 3.00. The summed E-state index contributed by atoms with van der Waals surface area (Å²) in [6, 6.07) is 0.638. The van der Waals surface area contributed by atoms with E-state index in [1.54, 1.807) is 0 Å². The van der Waals surface area contributed by atoms with Crippen LogP contribution in [0.4, 0.5) is 0 Å². The Balaban J connectivity index is 2.23. The SMILES string of the molecule is CC1CCC(CNC(=O)C(C)(C)C)CN1. The first-order valence-electron chi connectivity index (χ1n) is 5.91. The highest BCUT2D eigenvalue weighted by atomic mass is 16.2. The maximum Gasteiger partial charge on any atom is 0.225 e. The van der Waals surface area contributed by atoms with E-state index in [-0.39, 0.29) is 11.3 Å². The molecule has 1 heterocycles. The molecule has 15 heavy (non-hydrogen) atoms. The van der Waals surface area contributed by atoms with Crippen molar-refractivity contribution in [2.75, 3.05) is 13.1 Å². The van der Waals surface area contributed by atoms with E-state index in [0.717, 1.165) is 13.1 Å². The third kappa shape index (κ3) is 4.20. The molecule has 0 bridgehead atoms. The molecule has 2 atom stereocenters. The molecule has 0 aliphatic carbocycles. The van der Waals surface area contributed by atoms with Crippen LogP contribution in [0.2, 0.25) is 0 Å². The van der Waals surface area contributed by atoms with Crippen molar-refractivity contribution in [1.29, 1.82) is 0 Å². The van der Waals surface area contributed by atoms with E-state index in [1.807, 2.05) is 20.8 Å². The van der Waals surface area contributed by atoms with Gasteiger partial charge in [0.1, 0.15) is 0 Å². The van der Waals surface area contributed by atoms with E-state index in [1.165, 1.54) is 12.8 Å². The van der Waals surface area contributed by atoms with Crippen LogP contribution in [0.5, 0.6) is 0 Å². The molecule has 3 heteroatoms. The minimum Gasteiger partial charge on any atom is -0.355 e. The summed E-state index contributed by atoms with van der Waals surface area (Å²) in [5.74, 6) is 0.758. The second-order valence-electron chi connectivity index (χ2n) is 5.71. The first-order valence-corrected chi connectivity index (χ1v) is 5.91. The van der Waals surface area contributed by atoms with Gasteiger partial charge in [-0.05, 0) is 32.2 Å². The minimum atomic E-state index is -0.268. The Morgan fingerprint density at radius 3 is 2.53 bits per heavy atom. The van der Waals surface area contributed by atoms with Crippen molar-refractivity contribution in [3.63, 3.8) is 0 Å². The van der Waals surface area contributed by atoms with Gasteiger partial charge in [-0.2, -0.15) is 0 Å². The highest BCUT2D eigenvalue weighted by Gasteiger charge is 2.23. The fourth-order valence-electron chi connectivity index (χ4n) is 1.73. The van der Waals surface area contributed by atoms with Crippen molar-refractivity contribution in [2.24, 2.45) is 11.3 Å². The van der Waals surface area contributed by atoms with Crippen LogP contribution < -0.4 is 10.6 Å². The van der Waals surface area contributed by atoms with Crippen molar-refractivity contribution in [2.45, 2.75) is 46.6 Å². The first kappa shape index (κ1) is 12.5. The average molecular weight is 212 g/mol. The summed E-state index contributed by atoms with van der Waals surface area (Å²) in [7, 11) is 0. The van der Waals surface area contributed by atoms with Crippen LogP contribution >= 0.6 is 0 Å². The average Bonchev–Trinajstić information content (AvgIpc) is 2.15. The Hall–Kier alpha value is -0.570. The number of rotatable bonds is 2. The number of hydrogen-bond acceptors (Lipinski definition) is 2. The molecular formula is C12H24N2O. The van der Waals surface area contributed by atoms with E-state index < -0.39 is 0 Å². The van der Waals surface area contributed by atoms with Crippen molar-refractivity contribution in [1.82, 2.24) is 10.6 Å². The molecule has 1 rings (SSSR count). The molecule has 88 valence electrons. The Kier molecular flexibility index (Phi) is 4.14. The molecule has 0 aromatic heterocycles. The molecular weight excluding hydrogens is 188 g/mol. The molecule has 0 aromatic rings. The Labute approximate surface area is 93.0 Å². The smallest absolute Gasteiger partial charge is 0.225 e. The zero-order valence-corrected chi connectivity index (χ0v) is 10.4. The van der Waals surface area contributed by atoms with Gasteiger partial charge in [0.05, 0.1) is 0 Å². The molecule has 3 nitrogen and oxygen atoms in total. The lowest BCUT2D eigenvalue weighted by Gasteiger charge is -2.28. The van der Waals surface area contributed by atoms with Gasteiger partial charge in [-0.3, -0.25) is 4.79 Å². The molecule has 1 aliphatic heterocycles. The van der Waals surface area contributed by atoms with Crippen molar-refractivity contribution in [3.05, 3.63) is 0 Å². The van der Waals surface area contributed by atoms with Gasteiger partial charge >= 0.3 is 0 Å². The number of carbonyl (C=O) groups is 1. The lowest BCUT2D eigenvalue weighted by atomic mass is 9.93. The summed E-state index contributed by atoms with van der Waals surface area (Å²) in [5.41, 5.74) is -0.268. The molecule has 0 spiro atoms. The topological polar surface area (TPSA) is 41.1 Å². The van der Waals surface area contributed by atoms with Crippen molar-refractivity contribution < 1.29 is 4.79 Å². The second kappa shape index (κ2) is 4.97. The zero-order chi connectivity index (χ0) is 11.5. The van der Waals surface area contributed by atoms with Crippen LogP contribution in [-0.2, 0) is 4.79 Å². The van der Waals surface area contributed by atoms with E-state index in [2.05, 4.69) is 17.6 Å². The number of nitrogens with one attached hydrogen (secondary N) is 2. The van der Waals surface area contributed by atoms with E-state index in [9.17, 15) is 4.79 Å². The highest BCUT2D eigenvalue weighted by Crippen LogP contribution is 2.15. The molecule has 0 aromatic carbocycles. The summed E-state index contributed by atoms with van der Waals surface area (Å²) in [4.78, 5) is 11.6. The van der Waals surface area contributed by atoms with Crippen molar-refractivity contribution in [3.8, 4) is 0 Å². The largest absolute Gasteiger partial charge is 0.355 e. The predicted molar refractivity (Wildman–Crippen MR) is 62.7 cm³/mol. The second-order valence-corrected chi connectivity index (χ2v) is 5.71. The maximum absolute atomic E-state index is 11.6. The minimum absolute atomic E-state index is 0.154. The summed E-state index contributed by atoms with van der Waals surface area (Å²) >= 11 is 0. The number of carbonyl (C=O) groups excluding carboxylic acids is 1. The first-order chi connectivity index (χ1) is 6.89. The summed E-state index contributed by atoms with van der Waals surface area (Å²) in [6.07, 6.45) is 2.44. The van der Waals surface area contributed by atoms with Crippen LogP contribution in [0.25, 0.3) is 0 Å². The standard InChI is InChI=1S/C12H24N2O/c1-9-5-6-10(7-13-9)8-14-11(15)12(2,3)4/h9-10,13H,5-8H2,1-4H3,(H,14,15). The molecule has 2 N–H and O–H groups in total. The number of piperidine rings is 1. The van der Waals surface area contributed by atoms with Crippen LogP contribution in [0.15, 0.2) is 0 Å². The summed E-state index contributed by atoms with van der Waals surface area (Å²) in [5, 5.41) is 6.47. The summed E-state index contributed by atoms with van der Waals surface area (Å²) < 4.78 is 0. The van der Waals surface area contributed by atoms with Crippen LogP contribution in [-0.4, -0.2) is 25.0 Å². The van der Waals surface area contributed by atoms with Gasteiger partial charge in [-0.15, -0.1) is 0 Å². The zero-order valence-electron chi connectivity index (χ0n) is 10.4. The Bertz CT molecular complexity index is 212. The summed E-state index contributed by atoms with van der Waals surface area (Å²) in [6.45, 7) is 9.90. The van der Waals surface area contributed by atoms with Crippen molar-refractivity contribution >= 4 is 5.91 Å². The molecule has 1 amide bonds. The molecule has 1 fully saturated rings.